The van der Waals surface area contributed by atoms with Crippen molar-refractivity contribution in [2.24, 2.45) is 23.7 Å². The Hall–Kier alpha value is -5.12. The van der Waals surface area contributed by atoms with Gasteiger partial charge >= 0.3 is 12.1 Å². The number of hydrogen-bond acceptors (Lipinski definition) is 6. The van der Waals surface area contributed by atoms with Gasteiger partial charge in [0.25, 0.3) is 0 Å². The molecule has 10 nitrogen and oxygen atoms in total. The van der Waals surface area contributed by atoms with Crippen LogP contribution in [-0.4, -0.2) is 47.0 Å². The molecular weight excluding hydrogens is 681 g/mol. The van der Waals surface area contributed by atoms with Crippen molar-refractivity contribution in [1.82, 2.24) is 20.9 Å². The molecule has 0 spiro atoms. The summed E-state index contributed by atoms with van der Waals surface area (Å²) in [7, 11) is 0. The molecule has 282 valence electrons. The van der Waals surface area contributed by atoms with Gasteiger partial charge in [-0.15, -0.1) is 0 Å². The van der Waals surface area contributed by atoms with Gasteiger partial charge in [0, 0.05) is 36.5 Å². The van der Waals surface area contributed by atoms with Gasteiger partial charge in [-0.05, 0) is 122 Å². The van der Waals surface area contributed by atoms with Gasteiger partial charge in [-0.25, -0.2) is 4.79 Å². The summed E-state index contributed by atoms with van der Waals surface area (Å²) in [5.41, 5.74) is 3.74. The number of aryl methyl sites for hydroxylation is 2. The fourth-order valence-corrected chi connectivity index (χ4v) is 9.89. The number of para-hydroxylation sites is 1. The average Bonchev–Trinajstić information content (AvgIpc) is 3.80. The number of esters is 1. The van der Waals surface area contributed by atoms with E-state index in [1.165, 1.54) is 17.5 Å². The quantitative estimate of drug-likeness (QED) is 0.0876. The second-order valence-corrected chi connectivity index (χ2v) is 16.3. The van der Waals surface area contributed by atoms with Crippen LogP contribution in [-0.2, 0) is 38.4 Å². The van der Waals surface area contributed by atoms with E-state index in [4.69, 9.17) is 9.47 Å². The maximum Gasteiger partial charge on any atom is 0.408 e. The molecule has 5 aliphatic carbocycles. The van der Waals surface area contributed by atoms with E-state index in [9.17, 15) is 19.2 Å². The molecule has 54 heavy (non-hydrogen) atoms. The number of carbonyl (C=O) groups is 4. The Morgan fingerprint density at radius 2 is 1.57 bits per heavy atom. The maximum atomic E-state index is 14.3. The second-order valence-electron chi connectivity index (χ2n) is 16.3. The number of hydrogen-bond donors (Lipinski definition) is 4. The van der Waals surface area contributed by atoms with E-state index in [2.05, 4.69) is 20.9 Å². The summed E-state index contributed by atoms with van der Waals surface area (Å²) in [6, 6.07) is 22.4. The summed E-state index contributed by atoms with van der Waals surface area (Å²) in [6.45, 7) is 1.79. The van der Waals surface area contributed by atoms with Crippen LogP contribution in [0.15, 0.2) is 79.0 Å². The number of ether oxygens (including phenoxy) is 2. The van der Waals surface area contributed by atoms with Gasteiger partial charge in [-0.2, -0.15) is 0 Å². The first kappa shape index (κ1) is 35.9. The van der Waals surface area contributed by atoms with Crippen LogP contribution in [0.5, 0.6) is 5.75 Å². The Balaban J connectivity index is 0.933. The van der Waals surface area contributed by atoms with E-state index >= 15 is 0 Å². The van der Waals surface area contributed by atoms with Gasteiger partial charge in [0.2, 0.25) is 11.8 Å². The van der Waals surface area contributed by atoms with Crippen molar-refractivity contribution in [3.05, 3.63) is 101 Å². The summed E-state index contributed by atoms with van der Waals surface area (Å²) in [6.07, 6.45) is 10.1. The molecule has 1 aromatic heterocycles. The summed E-state index contributed by atoms with van der Waals surface area (Å²) in [5.74, 6) is 1.54. The van der Waals surface area contributed by atoms with Crippen LogP contribution in [0.25, 0.3) is 10.9 Å². The number of amides is 3. The van der Waals surface area contributed by atoms with E-state index in [1.54, 1.807) is 13.0 Å². The molecule has 2 unspecified atom stereocenters. The topological polar surface area (TPSA) is 139 Å². The predicted octanol–water partition coefficient (Wildman–Crippen LogP) is 6.87. The van der Waals surface area contributed by atoms with Gasteiger partial charge in [-0.1, -0.05) is 54.6 Å². The molecule has 0 saturated heterocycles. The largest absolute Gasteiger partial charge is 0.446 e. The lowest BCUT2D eigenvalue weighted by molar-refractivity contribution is -0.136. The zero-order valence-corrected chi connectivity index (χ0v) is 30.9. The molecule has 4 saturated carbocycles. The van der Waals surface area contributed by atoms with Crippen molar-refractivity contribution < 1.29 is 28.7 Å². The smallest absolute Gasteiger partial charge is 0.408 e. The third-order valence-electron chi connectivity index (χ3n) is 12.3. The Kier molecular flexibility index (Phi) is 10.2. The standard InChI is InChI=1S/C44H50N4O6/c1-44(24-34-25-45-37-13-6-5-12-36(34)37,48-43(52)54-41-32-19-27-18-28(21-32)22-33(41)20-27)42(51)46-26-38(30-8-3-2-4-9-30)47-39(49)16-17-40(50)53-35-15-14-29-10-7-11-31(29)23-35/h2-6,8-9,12-15,23,25,27-28,32-33,38,41,45H,7,10-11,16-22,24,26H2,1H3,(H,46,51)(H,47,49)(H,48,52). The highest BCUT2D eigenvalue weighted by Gasteiger charge is 2.50. The lowest BCUT2D eigenvalue weighted by atomic mass is 9.55. The lowest BCUT2D eigenvalue weighted by Crippen LogP contribution is -2.60. The third-order valence-corrected chi connectivity index (χ3v) is 12.3. The van der Waals surface area contributed by atoms with Crippen molar-refractivity contribution in [3.63, 3.8) is 0 Å². The molecule has 1 heterocycles. The number of nitrogens with one attached hydrogen (secondary N) is 4. The summed E-state index contributed by atoms with van der Waals surface area (Å²) < 4.78 is 11.7. The summed E-state index contributed by atoms with van der Waals surface area (Å²) >= 11 is 0. The minimum Gasteiger partial charge on any atom is -0.446 e. The highest BCUT2D eigenvalue weighted by Crippen LogP contribution is 2.54. The number of benzene rings is 3. The fourth-order valence-electron chi connectivity index (χ4n) is 9.89. The molecule has 9 rings (SSSR count). The average molecular weight is 731 g/mol. The van der Waals surface area contributed by atoms with Crippen LogP contribution in [0.4, 0.5) is 4.79 Å². The van der Waals surface area contributed by atoms with Crippen molar-refractivity contribution in [2.75, 3.05) is 6.54 Å². The van der Waals surface area contributed by atoms with Crippen LogP contribution < -0.4 is 20.7 Å². The minimum absolute atomic E-state index is 0.0594. The van der Waals surface area contributed by atoms with Crippen molar-refractivity contribution in [2.45, 2.75) is 95.2 Å². The van der Waals surface area contributed by atoms with Gasteiger partial charge in [0.05, 0.1) is 12.5 Å². The summed E-state index contributed by atoms with van der Waals surface area (Å²) in [4.78, 5) is 57.3. The highest BCUT2D eigenvalue weighted by atomic mass is 16.6. The monoisotopic (exact) mass is 730 g/mol. The Labute approximate surface area is 316 Å². The number of carbonyl (C=O) groups excluding carboxylic acids is 4. The second kappa shape index (κ2) is 15.3. The molecule has 10 heteroatoms. The Morgan fingerprint density at radius 3 is 2.35 bits per heavy atom. The first-order valence-electron chi connectivity index (χ1n) is 19.7. The first-order valence-corrected chi connectivity index (χ1v) is 19.7. The molecule has 3 amide bonds. The number of alkyl carbamates (subject to hydrolysis) is 1. The molecule has 0 radical (unpaired) electrons. The molecule has 3 aromatic carbocycles. The van der Waals surface area contributed by atoms with Crippen molar-refractivity contribution in [1.29, 1.82) is 0 Å². The van der Waals surface area contributed by atoms with Crippen molar-refractivity contribution >= 4 is 34.8 Å². The van der Waals surface area contributed by atoms with Crippen LogP contribution in [0.3, 0.4) is 0 Å². The number of rotatable bonds is 13. The minimum atomic E-state index is -1.37. The fraction of sp³-hybridized carbons (Fsp3) is 0.455. The highest BCUT2D eigenvalue weighted by molar-refractivity contribution is 5.91. The molecule has 5 aliphatic rings. The third kappa shape index (κ3) is 7.88. The van der Waals surface area contributed by atoms with Crippen LogP contribution >= 0.6 is 0 Å². The molecular formula is C44H50N4O6. The Morgan fingerprint density at radius 1 is 0.852 bits per heavy atom. The van der Waals surface area contributed by atoms with E-state index in [0.29, 0.717) is 17.6 Å². The number of aromatic nitrogens is 1. The van der Waals surface area contributed by atoms with E-state index in [0.717, 1.165) is 78.8 Å². The lowest BCUT2D eigenvalue weighted by Gasteiger charge is -2.53. The van der Waals surface area contributed by atoms with Gasteiger partial charge in [-0.3, -0.25) is 14.4 Å². The molecule has 2 atom stereocenters. The van der Waals surface area contributed by atoms with Crippen LogP contribution in [0.2, 0.25) is 0 Å². The zero-order valence-electron chi connectivity index (χ0n) is 30.9. The Bertz CT molecular complexity index is 2000. The van der Waals surface area contributed by atoms with Crippen molar-refractivity contribution in [3.8, 4) is 5.75 Å². The zero-order chi connectivity index (χ0) is 37.2. The molecule has 4 N–H and O–H groups in total. The first-order chi connectivity index (χ1) is 26.2. The van der Waals surface area contributed by atoms with Crippen LogP contribution in [0, 0.1) is 23.7 Å². The number of fused-ring (bicyclic) bond motifs is 2. The van der Waals surface area contributed by atoms with Crippen LogP contribution in [0.1, 0.15) is 86.6 Å². The van der Waals surface area contributed by atoms with Gasteiger partial charge < -0.3 is 30.4 Å². The number of H-pyrrole nitrogens is 1. The molecule has 4 aromatic rings. The van der Waals surface area contributed by atoms with E-state index in [1.807, 2.05) is 72.9 Å². The maximum absolute atomic E-state index is 14.3. The number of aromatic amines is 1. The van der Waals surface area contributed by atoms with E-state index < -0.39 is 29.6 Å². The normalized spacial score (nSPS) is 23.9. The molecule has 4 bridgehead atoms. The van der Waals surface area contributed by atoms with Gasteiger partial charge in [0.15, 0.2) is 0 Å². The summed E-state index contributed by atoms with van der Waals surface area (Å²) in [5, 5.41) is 10.0. The van der Waals surface area contributed by atoms with Gasteiger partial charge in [0.1, 0.15) is 17.4 Å². The molecule has 4 fully saturated rings. The predicted molar refractivity (Wildman–Crippen MR) is 205 cm³/mol. The molecule has 0 aliphatic heterocycles. The van der Waals surface area contributed by atoms with E-state index in [-0.39, 0.29) is 37.8 Å². The SMILES string of the molecule is CC(Cc1c[nH]c2ccccc12)(NC(=O)OC1C2CC3CC(C2)CC1C3)C(=O)NCC(NC(=O)CCC(=O)Oc1ccc2c(c1)CCC2)c1ccccc1.